The molecule has 0 aromatic heterocycles. The minimum Gasteiger partial charge on any atom is -0.478 e. The molecule has 0 aliphatic rings. The van der Waals surface area contributed by atoms with Crippen LogP contribution in [0.3, 0.4) is 0 Å². The van der Waals surface area contributed by atoms with E-state index in [-0.39, 0.29) is 10.5 Å². The molecule has 0 radical (unpaired) electrons. The van der Waals surface area contributed by atoms with Crippen molar-refractivity contribution in [2.24, 2.45) is 0 Å². The van der Waals surface area contributed by atoms with Crippen molar-refractivity contribution in [1.29, 1.82) is 0 Å². The number of methoxy groups -OCH3 is 1. The monoisotopic (exact) mass is 358 g/mol. The van der Waals surface area contributed by atoms with Crippen molar-refractivity contribution in [3.05, 3.63) is 23.8 Å². The van der Waals surface area contributed by atoms with Gasteiger partial charge in [-0.3, -0.25) is 0 Å². The van der Waals surface area contributed by atoms with Crippen molar-refractivity contribution in [2.45, 2.75) is 37.5 Å². The van der Waals surface area contributed by atoms with Crippen molar-refractivity contribution in [1.82, 2.24) is 4.72 Å². The van der Waals surface area contributed by atoms with Crippen LogP contribution in [0.2, 0.25) is 0 Å². The highest BCUT2D eigenvalue weighted by Gasteiger charge is 2.20. The summed E-state index contributed by atoms with van der Waals surface area (Å²) < 4.78 is 32.5. The third-order valence-corrected chi connectivity index (χ3v) is 4.93. The molecule has 1 aromatic carbocycles. The van der Waals surface area contributed by atoms with Gasteiger partial charge in [-0.15, -0.1) is 0 Å². The molecule has 0 amide bonds. The molecule has 24 heavy (non-hydrogen) atoms. The first-order valence-electron chi connectivity index (χ1n) is 8.02. The lowest BCUT2D eigenvalue weighted by molar-refractivity contribution is 0.0696. The third-order valence-electron chi connectivity index (χ3n) is 3.43. The van der Waals surface area contributed by atoms with Gasteiger partial charge in [0, 0.05) is 26.8 Å². The number of aromatic carboxylic acids is 1. The number of ether oxygens (including phenoxy) is 1. The molecule has 0 heterocycles. The van der Waals surface area contributed by atoms with E-state index in [1.165, 1.54) is 18.2 Å². The molecule has 0 atom stereocenters. The Labute approximate surface area is 143 Å². The Morgan fingerprint density at radius 1 is 1.21 bits per heavy atom. The number of carbonyl (C=O) groups is 1. The zero-order valence-corrected chi connectivity index (χ0v) is 15.0. The molecule has 0 spiro atoms. The average Bonchev–Trinajstić information content (AvgIpc) is 2.55. The van der Waals surface area contributed by atoms with Crippen LogP contribution in [0.15, 0.2) is 23.1 Å². The minimum absolute atomic E-state index is 0.0451. The number of carboxylic acid groups (broad SMARTS) is 1. The second-order valence-electron chi connectivity index (χ2n) is 5.39. The quantitative estimate of drug-likeness (QED) is 0.495. The lowest BCUT2D eigenvalue weighted by Crippen LogP contribution is -2.26. The van der Waals surface area contributed by atoms with Crippen LogP contribution in [0.4, 0.5) is 5.69 Å². The summed E-state index contributed by atoms with van der Waals surface area (Å²) in [5.41, 5.74) is 0.325. The summed E-state index contributed by atoms with van der Waals surface area (Å²) >= 11 is 0. The van der Waals surface area contributed by atoms with Gasteiger partial charge >= 0.3 is 5.97 Å². The van der Waals surface area contributed by atoms with Crippen molar-refractivity contribution in [3.63, 3.8) is 0 Å². The zero-order chi connectivity index (χ0) is 18.0. The van der Waals surface area contributed by atoms with Crippen LogP contribution in [-0.2, 0) is 14.8 Å². The third kappa shape index (κ3) is 6.46. The van der Waals surface area contributed by atoms with Crippen molar-refractivity contribution in [3.8, 4) is 0 Å². The van der Waals surface area contributed by atoms with Crippen molar-refractivity contribution < 1.29 is 23.1 Å². The normalized spacial score (nSPS) is 11.4. The largest absolute Gasteiger partial charge is 0.478 e. The van der Waals surface area contributed by atoms with Crippen molar-refractivity contribution >= 4 is 21.7 Å². The molecule has 0 saturated heterocycles. The highest BCUT2D eigenvalue weighted by Crippen LogP contribution is 2.23. The highest BCUT2D eigenvalue weighted by molar-refractivity contribution is 7.89. The van der Waals surface area contributed by atoms with E-state index >= 15 is 0 Å². The van der Waals surface area contributed by atoms with Gasteiger partial charge < -0.3 is 15.2 Å². The van der Waals surface area contributed by atoms with Crippen LogP contribution in [0.5, 0.6) is 0 Å². The first-order valence-corrected chi connectivity index (χ1v) is 9.50. The number of rotatable bonds is 12. The molecule has 1 rings (SSSR count). The molecule has 7 nitrogen and oxygen atoms in total. The molecular weight excluding hydrogens is 332 g/mol. The van der Waals surface area contributed by atoms with Crippen LogP contribution in [0.1, 0.15) is 43.0 Å². The Balaban J connectivity index is 2.97. The van der Waals surface area contributed by atoms with Crippen LogP contribution >= 0.6 is 0 Å². The van der Waals surface area contributed by atoms with Gasteiger partial charge in [-0.25, -0.2) is 17.9 Å². The van der Waals surface area contributed by atoms with Crippen LogP contribution in [-0.4, -0.2) is 46.3 Å². The van der Waals surface area contributed by atoms with Gasteiger partial charge in [-0.1, -0.05) is 19.8 Å². The molecular formula is C16H26N2O5S. The molecule has 0 aliphatic carbocycles. The number of hydrogen-bond donors (Lipinski definition) is 3. The number of unbranched alkanes of at least 4 members (excludes halogenated alkanes) is 2. The van der Waals surface area contributed by atoms with E-state index in [2.05, 4.69) is 10.0 Å². The second kappa shape index (κ2) is 10.3. The van der Waals surface area contributed by atoms with E-state index in [0.29, 0.717) is 31.8 Å². The molecule has 0 fully saturated rings. The maximum atomic E-state index is 12.5. The number of nitrogens with one attached hydrogen (secondary N) is 2. The number of carboxylic acids is 1. The molecule has 136 valence electrons. The van der Waals surface area contributed by atoms with Crippen LogP contribution < -0.4 is 10.0 Å². The van der Waals surface area contributed by atoms with Gasteiger partial charge in [0.25, 0.3) is 0 Å². The van der Waals surface area contributed by atoms with Gasteiger partial charge in [0.15, 0.2) is 0 Å². The van der Waals surface area contributed by atoms with Crippen LogP contribution in [0.25, 0.3) is 0 Å². The summed E-state index contributed by atoms with van der Waals surface area (Å²) in [4.78, 5) is 11.1. The van der Waals surface area contributed by atoms with E-state index in [1.54, 1.807) is 7.11 Å². The fraction of sp³-hybridized carbons (Fsp3) is 0.562. The summed E-state index contributed by atoms with van der Waals surface area (Å²) in [6.45, 7) is 3.44. The number of hydrogen-bond acceptors (Lipinski definition) is 5. The second-order valence-corrected chi connectivity index (χ2v) is 7.13. The Kier molecular flexibility index (Phi) is 8.73. The fourth-order valence-corrected chi connectivity index (χ4v) is 3.40. The van der Waals surface area contributed by atoms with Gasteiger partial charge in [0.1, 0.15) is 4.90 Å². The predicted octanol–water partition coefficient (Wildman–Crippen LogP) is 2.30. The van der Waals surface area contributed by atoms with Crippen LogP contribution in [0, 0.1) is 0 Å². The first kappa shape index (κ1) is 20.4. The van der Waals surface area contributed by atoms with E-state index in [1.807, 2.05) is 6.92 Å². The number of benzene rings is 1. The number of sulfonamides is 1. The molecule has 0 aliphatic heterocycles. The maximum absolute atomic E-state index is 12.5. The first-order chi connectivity index (χ1) is 11.4. The average molecular weight is 358 g/mol. The molecule has 8 heteroatoms. The molecule has 0 bridgehead atoms. The zero-order valence-electron chi connectivity index (χ0n) is 14.2. The molecule has 3 N–H and O–H groups in total. The Morgan fingerprint density at radius 2 is 1.96 bits per heavy atom. The summed E-state index contributed by atoms with van der Waals surface area (Å²) in [6.07, 6.45) is 3.37. The van der Waals surface area contributed by atoms with E-state index < -0.39 is 16.0 Å². The van der Waals surface area contributed by atoms with E-state index in [0.717, 1.165) is 19.3 Å². The summed E-state index contributed by atoms with van der Waals surface area (Å²) in [7, 11) is -2.18. The lowest BCUT2D eigenvalue weighted by atomic mass is 10.2. The standard InChI is InChI=1S/C16H26N2O5S/c1-3-4-5-10-18-24(21,22)15-12-13(16(19)20)7-8-14(15)17-9-6-11-23-2/h7-8,12,17-18H,3-6,9-11H2,1-2H3,(H,19,20). The molecule has 0 unspecified atom stereocenters. The van der Waals surface area contributed by atoms with Gasteiger partial charge in [-0.05, 0) is 31.0 Å². The molecule has 1 aromatic rings. The molecule has 0 saturated carbocycles. The topological polar surface area (TPSA) is 105 Å². The Hall–Kier alpha value is -1.64. The minimum atomic E-state index is -3.78. The predicted molar refractivity (Wildman–Crippen MR) is 93.1 cm³/mol. The van der Waals surface area contributed by atoms with Gasteiger partial charge in [-0.2, -0.15) is 0 Å². The van der Waals surface area contributed by atoms with Crippen molar-refractivity contribution in [2.75, 3.05) is 32.1 Å². The Morgan fingerprint density at radius 3 is 2.58 bits per heavy atom. The Bertz CT molecular complexity index is 631. The SMILES string of the molecule is CCCCCNS(=O)(=O)c1cc(C(=O)O)ccc1NCCCOC. The van der Waals surface area contributed by atoms with E-state index in [9.17, 15) is 13.2 Å². The van der Waals surface area contributed by atoms with Gasteiger partial charge in [0.05, 0.1) is 11.3 Å². The fourth-order valence-electron chi connectivity index (χ4n) is 2.12. The van der Waals surface area contributed by atoms with Gasteiger partial charge in [0.2, 0.25) is 10.0 Å². The highest BCUT2D eigenvalue weighted by atomic mass is 32.2. The lowest BCUT2D eigenvalue weighted by Gasteiger charge is -2.14. The smallest absolute Gasteiger partial charge is 0.335 e. The number of anilines is 1. The summed E-state index contributed by atoms with van der Waals surface area (Å²) in [6, 6.07) is 4.05. The summed E-state index contributed by atoms with van der Waals surface area (Å²) in [5, 5.41) is 12.1. The van der Waals surface area contributed by atoms with E-state index in [4.69, 9.17) is 9.84 Å². The maximum Gasteiger partial charge on any atom is 0.335 e. The summed E-state index contributed by atoms with van der Waals surface area (Å²) in [5.74, 6) is -1.16.